The van der Waals surface area contributed by atoms with E-state index < -0.39 is 81.4 Å². The Kier molecular flexibility index (Phi) is 7.14. The van der Waals surface area contributed by atoms with Gasteiger partial charge in [-0.05, 0) is 0 Å². The van der Waals surface area contributed by atoms with E-state index in [1.165, 1.54) is 0 Å². The molecule has 0 saturated carbocycles. The number of rotatable bonds is 8. The number of hydrogen-bond donors (Lipinski definition) is 6. The molecule has 22 heteroatoms. The molecular formula is C20H22F2N9O10P. The number of phosphoric ester groups is 1. The zero-order chi connectivity index (χ0) is 29.9. The highest BCUT2D eigenvalue weighted by Crippen LogP contribution is 2.50. The number of hydrogen-bond acceptors (Lipinski definition) is 14. The smallest absolute Gasteiger partial charge is 0.394 e. The number of aromatic amines is 2. The van der Waals surface area contributed by atoms with Crippen molar-refractivity contribution in [1.29, 1.82) is 0 Å². The normalized spacial score (nSPS) is 31.3. The Balaban J connectivity index is 1.19. The lowest BCUT2D eigenvalue weighted by molar-refractivity contribution is -0.0600. The largest absolute Gasteiger partial charge is 0.472 e. The summed E-state index contributed by atoms with van der Waals surface area (Å²) in [7, 11) is -5.20. The Morgan fingerprint density at radius 1 is 1.02 bits per heavy atom. The highest BCUT2D eigenvalue weighted by Gasteiger charge is 2.51. The van der Waals surface area contributed by atoms with Gasteiger partial charge in [-0.15, -0.1) is 0 Å². The molecule has 2 saturated heterocycles. The minimum Gasteiger partial charge on any atom is -0.394 e. The average Bonchev–Trinajstić information content (AvgIpc) is 3.69. The van der Waals surface area contributed by atoms with Crippen molar-refractivity contribution in [2.75, 3.05) is 18.9 Å². The fourth-order valence-electron chi connectivity index (χ4n) is 4.77. The number of nitrogen functional groups attached to an aromatic ring is 1. The topological polar surface area (TPSA) is 268 Å². The van der Waals surface area contributed by atoms with Crippen LogP contribution in [0.5, 0.6) is 0 Å². The lowest BCUT2D eigenvalue weighted by Crippen LogP contribution is -2.33. The molecule has 0 bridgehead atoms. The number of nitrogens with two attached hydrogens (primary N) is 1. The minimum absolute atomic E-state index is 0.0405. The van der Waals surface area contributed by atoms with Crippen LogP contribution in [0.1, 0.15) is 12.5 Å². The summed E-state index contributed by atoms with van der Waals surface area (Å²) in [5.41, 5.74) is 3.75. The van der Waals surface area contributed by atoms with Gasteiger partial charge in [-0.3, -0.25) is 32.8 Å². The van der Waals surface area contributed by atoms with Crippen molar-refractivity contribution in [3.05, 3.63) is 39.7 Å². The third kappa shape index (κ3) is 4.78. The molecule has 2 aliphatic rings. The fourth-order valence-corrected chi connectivity index (χ4v) is 5.70. The molecule has 0 aliphatic carbocycles. The number of anilines is 1. The Morgan fingerprint density at radius 3 is 2.40 bits per heavy atom. The van der Waals surface area contributed by atoms with Gasteiger partial charge in [0.05, 0.1) is 32.2 Å². The monoisotopic (exact) mass is 617 g/mol. The Hall–Kier alpha value is -3.69. The van der Waals surface area contributed by atoms with E-state index in [1.54, 1.807) is 0 Å². The molecule has 2 fully saturated rings. The molecule has 7 N–H and O–H groups in total. The van der Waals surface area contributed by atoms with Gasteiger partial charge >= 0.3 is 7.82 Å². The number of phosphoric acid groups is 1. The Bertz CT molecular complexity index is 1800. The van der Waals surface area contributed by atoms with Crippen molar-refractivity contribution in [1.82, 2.24) is 39.0 Å². The third-order valence-corrected chi connectivity index (χ3v) is 7.74. The van der Waals surface area contributed by atoms with E-state index in [2.05, 4.69) is 29.9 Å². The maximum Gasteiger partial charge on any atom is 0.472 e. The number of nitrogens with one attached hydrogen (secondary N) is 2. The van der Waals surface area contributed by atoms with Crippen molar-refractivity contribution in [3.63, 3.8) is 0 Å². The number of imidazole rings is 2. The molecule has 4 aromatic rings. The second kappa shape index (κ2) is 10.5. The molecule has 0 aromatic carbocycles. The van der Waals surface area contributed by atoms with Gasteiger partial charge in [-0.2, -0.15) is 4.98 Å². The van der Waals surface area contributed by atoms with E-state index in [9.17, 15) is 29.3 Å². The molecule has 2 unspecified atom stereocenters. The van der Waals surface area contributed by atoms with Crippen molar-refractivity contribution in [3.8, 4) is 0 Å². The summed E-state index contributed by atoms with van der Waals surface area (Å²) in [6.07, 6.45) is -11.0. The number of H-pyrrole nitrogens is 2. The zero-order valence-electron chi connectivity index (χ0n) is 20.9. The van der Waals surface area contributed by atoms with Crippen molar-refractivity contribution in [2.24, 2.45) is 0 Å². The summed E-state index contributed by atoms with van der Waals surface area (Å²) < 4.78 is 66.1. The number of fused-ring (bicyclic) bond motifs is 2. The second-order valence-corrected chi connectivity index (χ2v) is 10.8. The van der Waals surface area contributed by atoms with Crippen LogP contribution < -0.4 is 16.9 Å². The zero-order valence-corrected chi connectivity index (χ0v) is 21.8. The molecule has 0 spiro atoms. The van der Waals surface area contributed by atoms with E-state index in [1.807, 2.05) is 0 Å². The van der Waals surface area contributed by atoms with Crippen LogP contribution in [0.3, 0.4) is 0 Å². The summed E-state index contributed by atoms with van der Waals surface area (Å²) in [5.74, 6) is -0.303. The molecule has 2 aliphatic heterocycles. The van der Waals surface area contributed by atoms with Gasteiger partial charge in [0.2, 0.25) is 5.95 Å². The average molecular weight is 617 g/mol. The number of aliphatic hydroxyl groups excluding tert-OH is 2. The SMILES string of the molecule is Nc1nc2c(ncn2[C@@H]2O[C@H](CO)[C@@H](F)[C@H]2OP(=O)(O)OC[C@H]2OC(n3cnc4c(=O)[nH]cnc43)[C@@H](F)[C@@H]2O)c(=O)[nH]1. The predicted molar refractivity (Wildman–Crippen MR) is 132 cm³/mol. The van der Waals surface area contributed by atoms with Crippen LogP contribution in [0.15, 0.2) is 28.6 Å². The van der Waals surface area contributed by atoms with Gasteiger partial charge in [0.15, 0.2) is 47.1 Å². The summed E-state index contributed by atoms with van der Waals surface area (Å²) in [5, 5.41) is 19.9. The highest BCUT2D eigenvalue weighted by molar-refractivity contribution is 7.47. The number of aliphatic hydroxyl groups is 2. The molecule has 19 nitrogen and oxygen atoms in total. The summed E-state index contributed by atoms with van der Waals surface area (Å²) in [6, 6.07) is 0. The van der Waals surface area contributed by atoms with E-state index in [-0.39, 0.29) is 28.3 Å². The maximum atomic E-state index is 15.2. The van der Waals surface area contributed by atoms with Gasteiger partial charge in [0, 0.05) is 0 Å². The molecule has 0 radical (unpaired) electrons. The predicted octanol–water partition coefficient (Wildman–Crippen LogP) is -1.84. The van der Waals surface area contributed by atoms with Crippen molar-refractivity contribution >= 4 is 36.1 Å². The van der Waals surface area contributed by atoms with Crippen LogP contribution in [0.4, 0.5) is 14.7 Å². The number of ether oxygens (including phenoxy) is 2. The first kappa shape index (κ1) is 28.4. The van der Waals surface area contributed by atoms with Crippen molar-refractivity contribution < 1.29 is 47.0 Å². The van der Waals surface area contributed by atoms with Crippen LogP contribution in [0.25, 0.3) is 22.3 Å². The van der Waals surface area contributed by atoms with Gasteiger partial charge in [-0.1, -0.05) is 0 Å². The van der Waals surface area contributed by atoms with E-state index in [0.29, 0.717) is 0 Å². The number of halogens is 2. The molecule has 6 heterocycles. The second-order valence-electron chi connectivity index (χ2n) is 9.36. The molecule has 9 atom stereocenters. The first-order chi connectivity index (χ1) is 20.0. The lowest BCUT2D eigenvalue weighted by Gasteiger charge is -2.24. The minimum atomic E-state index is -5.20. The van der Waals surface area contributed by atoms with E-state index in [0.717, 1.165) is 28.1 Å². The molecule has 4 aromatic heterocycles. The van der Waals surface area contributed by atoms with Crippen LogP contribution in [-0.4, -0.2) is 104 Å². The third-order valence-electron chi connectivity index (χ3n) is 6.76. The van der Waals surface area contributed by atoms with Crippen LogP contribution in [0, 0.1) is 0 Å². The number of nitrogens with zero attached hydrogens (tertiary/aromatic N) is 6. The summed E-state index contributed by atoms with van der Waals surface area (Å²) in [4.78, 5) is 54.6. The van der Waals surface area contributed by atoms with Gasteiger partial charge in [0.25, 0.3) is 11.1 Å². The lowest BCUT2D eigenvalue weighted by atomic mass is 10.1. The molecule has 0 amide bonds. The highest BCUT2D eigenvalue weighted by atomic mass is 31.2. The van der Waals surface area contributed by atoms with Crippen LogP contribution >= 0.6 is 7.82 Å². The standard InChI is InChI=1S/C20H22F2N9O10P/c21-8-6(1-32)39-19(31-5-27-11-15(31)28-20(23)29-17(11)35)13(8)41-42(36,37)38-2-7-12(33)9(22)18(40-7)30-4-26-10-14(30)24-3-25-16(10)34/h3-9,12-13,18-19,32-33H,1-2H2,(H,36,37)(H,24,25,34)(H3,23,28,29,35)/t6-,7-,8-,9+,12-,13-,18?,19-/m1/s1. The number of aromatic nitrogens is 8. The molecular weight excluding hydrogens is 595 g/mol. The van der Waals surface area contributed by atoms with Gasteiger partial charge < -0.3 is 35.3 Å². The Labute approximate surface area is 230 Å². The van der Waals surface area contributed by atoms with Gasteiger partial charge in [-0.25, -0.2) is 28.3 Å². The maximum absolute atomic E-state index is 15.2. The van der Waals surface area contributed by atoms with Gasteiger partial charge in [0.1, 0.15) is 24.4 Å². The molecule has 6 rings (SSSR count). The van der Waals surface area contributed by atoms with E-state index >= 15 is 8.78 Å². The fraction of sp³-hybridized carbons (Fsp3) is 0.500. The Morgan fingerprint density at radius 2 is 1.69 bits per heavy atom. The summed E-state index contributed by atoms with van der Waals surface area (Å²) >= 11 is 0. The van der Waals surface area contributed by atoms with Crippen molar-refractivity contribution in [2.45, 2.75) is 49.2 Å². The van der Waals surface area contributed by atoms with E-state index in [4.69, 9.17) is 24.3 Å². The molecule has 226 valence electrons. The van der Waals surface area contributed by atoms with Crippen LogP contribution in [-0.2, 0) is 23.1 Å². The first-order valence-corrected chi connectivity index (χ1v) is 13.6. The number of alkyl halides is 2. The summed E-state index contributed by atoms with van der Waals surface area (Å²) in [6.45, 7) is -1.74. The molecule has 42 heavy (non-hydrogen) atoms. The first-order valence-electron chi connectivity index (χ1n) is 12.2. The van der Waals surface area contributed by atoms with Crippen LogP contribution in [0.2, 0.25) is 0 Å². The quantitative estimate of drug-likeness (QED) is 0.119.